The number of aromatic nitrogens is 1. The zero-order valence-electron chi connectivity index (χ0n) is 9.45. The van der Waals surface area contributed by atoms with Crippen molar-refractivity contribution in [1.82, 2.24) is 4.98 Å². The Labute approximate surface area is 95.8 Å². The lowest BCUT2D eigenvalue weighted by Gasteiger charge is -2.18. The van der Waals surface area contributed by atoms with Crippen LogP contribution in [0.3, 0.4) is 0 Å². The minimum atomic E-state index is 0.578. The van der Waals surface area contributed by atoms with E-state index in [2.05, 4.69) is 15.2 Å². The second kappa shape index (κ2) is 5.03. The Morgan fingerprint density at radius 3 is 2.75 bits per heavy atom. The molecule has 1 aliphatic rings. The zero-order chi connectivity index (χ0) is 11.4. The topological polar surface area (TPSA) is 80.2 Å². The van der Waals surface area contributed by atoms with Crippen molar-refractivity contribution in [3.8, 4) is 0 Å². The summed E-state index contributed by atoms with van der Waals surface area (Å²) in [5, 5.41) is 3.14. The number of nitrogens with zero attached hydrogens (tertiary/aromatic N) is 2. The van der Waals surface area contributed by atoms with Crippen molar-refractivity contribution >= 4 is 17.3 Å². The minimum Gasteiger partial charge on any atom is -0.396 e. The van der Waals surface area contributed by atoms with Gasteiger partial charge in [0.2, 0.25) is 0 Å². The van der Waals surface area contributed by atoms with Crippen molar-refractivity contribution in [3.63, 3.8) is 0 Å². The van der Waals surface area contributed by atoms with Gasteiger partial charge in [0, 0.05) is 26.2 Å². The molecule has 0 spiro atoms. The Morgan fingerprint density at radius 1 is 1.31 bits per heavy atom. The maximum atomic E-state index is 5.84. The molecule has 1 saturated heterocycles. The molecule has 5 nitrogen and oxygen atoms in total. The highest BCUT2D eigenvalue weighted by Gasteiger charge is 2.14. The van der Waals surface area contributed by atoms with E-state index in [1.807, 2.05) is 12.1 Å². The van der Waals surface area contributed by atoms with Crippen molar-refractivity contribution in [2.45, 2.75) is 12.8 Å². The first-order valence-corrected chi connectivity index (χ1v) is 5.76. The standard InChI is InChI=1S/C11H19N5/c12-5-6-14-11-9(13)3-4-10(15-11)16-7-1-2-8-16/h3-4H,1-2,5-8,12-13H2,(H,14,15). The monoisotopic (exact) mass is 221 g/mol. The third-order valence-electron chi connectivity index (χ3n) is 2.78. The molecule has 0 atom stereocenters. The van der Waals surface area contributed by atoms with Crippen LogP contribution in [-0.2, 0) is 0 Å². The van der Waals surface area contributed by atoms with Crippen LogP contribution in [0.4, 0.5) is 17.3 Å². The molecule has 0 amide bonds. The fraction of sp³-hybridized carbons (Fsp3) is 0.545. The summed E-state index contributed by atoms with van der Waals surface area (Å²) in [6.07, 6.45) is 2.50. The Hall–Kier alpha value is -1.49. The lowest BCUT2D eigenvalue weighted by molar-refractivity contribution is 0.933. The molecule has 1 aromatic heterocycles. The van der Waals surface area contributed by atoms with Crippen molar-refractivity contribution in [3.05, 3.63) is 12.1 Å². The van der Waals surface area contributed by atoms with Crippen LogP contribution < -0.4 is 21.7 Å². The van der Waals surface area contributed by atoms with Gasteiger partial charge in [-0.3, -0.25) is 0 Å². The van der Waals surface area contributed by atoms with Gasteiger partial charge in [-0.05, 0) is 25.0 Å². The summed E-state index contributed by atoms with van der Waals surface area (Å²) in [6.45, 7) is 3.45. The first-order chi connectivity index (χ1) is 7.81. The molecule has 0 bridgehead atoms. The summed E-state index contributed by atoms with van der Waals surface area (Å²) >= 11 is 0. The molecule has 16 heavy (non-hydrogen) atoms. The Balaban J connectivity index is 2.13. The first kappa shape index (κ1) is 11.0. The number of hydrogen-bond donors (Lipinski definition) is 3. The molecule has 5 heteroatoms. The highest BCUT2D eigenvalue weighted by molar-refractivity contribution is 5.64. The van der Waals surface area contributed by atoms with E-state index < -0.39 is 0 Å². The molecule has 1 fully saturated rings. The maximum absolute atomic E-state index is 5.84. The van der Waals surface area contributed by atoms with Crippen LogP contribution in [0, 0.1) is 0 Å². The van der Waals surface area contributed by atoms with E-state index in [1.165, 1.54) is 12.8 Å². The van der Waals surface area contributed by atoms with Crippen molar-refractivity contribution < 1.29 is 0 Å². The molecule has 0 aromatic carbocycles. The van der Waals surface area contributed by atoms with Crippen molar-refractivity contribution in [2.24, 2.45) is 5.73 Å². The van der Waals surface area contributed by atoms with Gasteiger partial charge in [-0.15, -0.1) is 0 Å². The Bertz CT molecular complexity index is 346. The van der Waals surface area contributed by atoms with Gasteiger partial charge in [-0.2, -0.15) is 0 Å². The van der Waals surface area contributed by atoms with E-state index >= 15 is 0 Å². The van der Waals surface area contributed by atoms with E-state index in [0.29, 0.717) is 18.8 Å². The number of anilines is 3. The summed E-state index contributed by atoms with van der Waals surface area (Å²) in [4.78, 5) is 6.81. The lowest BCUT2D eigenvalue weighted by atomic mass is 10.3. The predicted octanol–water partition coefficient (Wildman–Crippen LogP) is 0.635. The summed E-state index contributed by atoms with van der Waals surface area (Å²) < 4.78 is 0. The molecule has 0 aliphatic carbocycles. The smallest absolute Gasteiger partial charge is 0.151 e. The number of rotatable bonds is 4. The molecule has 0 saturated carbocycles. The molecule has 1 aliphatic heterocycles. The highest BCUT2D eigenvalue weighted by atomic mass is 15.2. The van der Waals surface area contributed by atoms with Gasteiger partial charge < -0.3 is 21.7 Å². The van der Waals surface area contributed by atoms with Gasteiger partial charge in [0.25, 0.3) is 0 Å². The highest BCUT2D eigenvalue weighted by Crippen LogP contribution is 2.23. The summed E-state index contributed by atoms with van der Waals surface area (Å²) in [7, 11) is 0. The van der Waals surface area contributed by atoms with Gasteiger partial charge >= 0.3 is 0 Å². The number of nitrogens with one attached hydrogen (secondary N) is 1. The fourth-order valence-corrected chi connectivity index (χ4v) is 1.91. The average Bonchev–Trinajstić information content (AvgIpc) is 2.81. The molecular formula is C11H19N5. The van der Waals surface area contributed by atoms with Crippen LogP contribution in [0.25, 0.3) is 0 Å². The first-order valence-electron chi connectivity index (χ1n) is 5.76. The van der Waals surface area contributed by atoms with Crippen LogP contribution in [0.2, 0.25) is 0 Å². The Morgan fingerprint density at radius 2 is 2.06 bits per heavy atom. The largest absolute Gasteiger partial charge is 0.396 e. The van der Waals surface area contributed by atoms with E-state index in [4.69, 9.17) is 11.5 Å². The molecule has 88 valence electrons. The predicted molar refractivity (Wildman–Crippen MR) is 67.6 cm³/mol. The molecular weight excluding hydrogens is 202 g/mol. The van der Waals surface area contributed by atoms with Crippen LogP contribution in [0.1, 0.15) is 12.8 Å². The number of nitrogens with two attached hydrogens (primary N) is 2. The molecule has 2 rings (SSSR count). The molecule has 2 heterocycles. The van der Waals surface area contributed by atoms with Gasteiger partial charge in [0.15, 0.2) is 5.82 Å². The third kappa shape index (κ3) is 2.36. The Kier molecular flexibility index (Phi) is 3.46. The van der Waals surface area contributed by atoms with Crippen molar-refractivity contribution in [1.29, 1.82) is 0 Å². The van der Waals surface area contributed by atoms with Gasteiger partial charge in [0.05, 0.1) is 5.69 Å². The fourth-order valence-electron chi connectivity index (χ4n) is 1.91. The van der Waals surface area contributed by atoms with Gasteiger partial charge in [0.1, 0.15) is 5.82 Å². The quantitative estimate of drug-likeness (QED) is 0.695. The number of hydrogen-bond acceptors (Lipinski definition) is 5. The van der Waals surface area contributed by atoms with Crippen LogP contribution in [0.5, 0.6) is 0 Å². The van der Waals surface area contributed by atoms with Crippen LogP contribution in [0.15, 0.2) is 12.1 Å². The molecule has 0 unspecified atom stereocenters. The second-order valence-corrected chi connectivity index (χ2v) is 4.02. The maximum Gasteiger partial charge on any atom is 0.151 e. The second-order valence-electron chi connectivity index (χ2n) is 4.02. The van der Waals surface area contributed by atoms with Crippen LogP contribution in [-0.4, -0.2) is 31.2 Å². The van der Waals surface area contributed by atoms with E-state index in [0.717, 1.165) is 24.7 Å². The average molecular weight is 221 g/mol. The minimum absolute atomic E-state index is 0.578. The SMILES string of the molecule is NCCNc1nc(N2CCCC2)ccc1N. The normalized spacial score (nSPS) is 15.4. The van der Waals surface area contributed by atoms with Crippen LogP contribution >= 0.6 is 0 Å². The molecule has 1 aromatic rings. The number of nitrogen functional groups attached to an aromatic ring is 1. The lowest BCUT2D eigenvalue weighted by Crippen LogP contribution is -2.20. The molecule has 0 radical (unpaired) electrons. The summed E-state index contributed by atoms with van der Waals surface area (Å²) in [5.74, 6) is 1.75. The van der Waals surface area contributed by atoms with E-state index in [-0.39, 0.29) is 0 Å². The summed E-state index contributed by atoms with van der Waals surface area (Å²) in [5.41, 5.74) is 12.0. The zero-order valence-corrected chi connectivity index (χ0v) is 9.45. The molecule has 5 N–H and O–H groups in total. The summed E-state index contributed by atoms with van der Waals surface area (Å²) in [6, 6.07) is 3.88. The van der Waals surface area contributed by atoms with Crippen molar-refractivity contribution in [2.75, 3.05) is 42.1 Å². The van der Waals surface area contributed by atoms with E-state index in [1.54, 1.807) is 0 Å². The van der Waals surface area contributed by atoms with Gasteiger partial charge in [-0.25, -0.2) is 4.98 Å². The van der Waals surface area contributed by atoms with Gasteiger partial charge in [-0.1, -0.05) is 0 Å². The third-order valence-corrected chi connectivity index (χ3v) is 2.78. The van der Waals surface area contributed by atoms with E-state index in [9.17, 15) is 0 Å². The number of pyridine rings is 1.